The monoisotopic (exact) mass is 522 g/mol. The second-order valence-electron chi connectivity index (χ2n) is 8.75. The van der Waals surface area contributed by atoms with Gasteiger partial charge in [-0.15, -0.1) is 0 Å². The number of nitrogens with zero attached hydrogens (tertiary/aromatic N) is 2. The Morgan fingerprint density at radius 2 is 1.78 bits per heavy atom. The molecule has 192 valence electrons. The number of carbonyl (C=O) groups is 3. The molecular weight excluding hydrogens is 496 g/mol. The normalized spacial score (nSPS) is 16.5. The van der Waals surface area contributed by atoms with E-state index in [-0.39, 0.29) is 34.7 Å². The van der Waals surface area contributed by atoms with Crippen LogP contribution in [-0.4, -0.2) is 42.6 Å². The molecule has 2 amide bonds. The number of fused-ring (bicyclic) bond motifs is 1. The fraction of sp³-hybridized carbons (Fsp3) is 0.250. The van der Waals surface area contributed by atoms with Crippen LogP contribution in [0.15, 0.2) is 66.7 Å². The van der Waals surface area contributed by atoms with Crippen LogP contribution in [0.3, 0.4) is 0 Å². The first kappa shape index (κ1) is 26.0. The van der Waals surface area contributed by atoms with Crippen LogP contribution >= 0.6 is 11.6 Å². The van der Waals surface area contributed by atoms with Crippen molar-refractivity contribution < 1.29 is 29.0 Å². The van der Waals surface area contributed by atoms with Crippen molar-refractivity contribution in [3.8, 4) is 11.5 Å². The Morgan fingerprint density at radius 1 is 1.08 bits per heavy atom. The highest BCUT2D eigenvalue weighted by Gasteiger charge is 2.38. The Hall–Kier alpha value is -4.04. The lowest BCUT2D eigenvalue weighted by Crippen LogP contribution is -2.47. The molecule has 0 unspecified atom stereocenters. The molecule has 3 aromatic rings. The van der Waals surface area contributed by atoms with E-state index in [0.717, 1.165) is 11.3 Å². The molecule has 0 saturated carbocycles. The minimum Gasteiger partial charge on any atom is -0.497 e. The number of carboxylic acid groups (broad SMARTS) is 1. The summed E-state index contributed by atoms with van der Waals surface area (Å²) in [6.45, 7) is 2.86. The van der Waals surface area contributed by atoms with E-state index in [9.17, 15) is 14.4 Å². The van der Waals surface area contributed by atoms with Crippen LogP contribution in [0.4, 0.5) is 11.4 Å². The van der Waals surface area contributed by atoms with Crippen LogP contribution in [0.5, 0.6) is 11.5 Å². The summed E-state index contributed by atoms with van der Waals surface area (Å²) in [5.41, 5.74) is 2.58. The SMILES string of the molecule is COc1ccc(C(=O)N2c3ccccc3[C@H](N(C(C)=O)c3ccc(Cl)c(OCC(=O)O)c3)C[C@@H]2C)cc1. The van der Waals surface area contributed by atoms with Gasteiger partial charge in [0, 0.05) is 36.0 Å². The van der Waals surface area contributed by atoms with Gasteiger partial charge in [0.05, 0.1) is 18.2 Å². The van der Waals surface area contributed by atoms with E-state index >= 15 is 0 Å². The largest absolute Gasteiger partial charge is 0.497 e. The summed E-state index contributed by atoms with van der Waals surface area (Å²) < 4.78 is 10.5. The summed E-state index contributed by atoms with van der Waals surface area (Å²) in [6.07, 6.45) is 0.479. The number of para-hydroxylation sites is 1. The molecule has 1 heterocycles. The lowest BCUT2D eigenvalue weighted by molar-refractivity contribution is -0.139. The number of methoxy groups -OCH3 is 1. The smallest absolute Gasteiger partial charge is 0.341 e. The van der Waals surface area contributed by atoms with Crippen molar-refractivity contribution in [3.63, 3.8) is 0 Å². The van der Waals surface area contributed by atoms with Gasteiger partial charge in [0.1, 0.15) is 11.5 Å². The number of benzene rings is 3. The van der Waals surface area contributed by atoms with Gasteiger partial charge in [-0.1, -0.05) is 29.8 Å². The van der Waals surface area contributed by atoms with E-state index in [1.165, 1.54) is 6.92 Å². The van der Waals surface area contributed by atoms with Crippen LogP contribution in [-0.2, 0) is 9.59 Å². The van der Waals surface area contributed by atoms with Gasteiger partial charge in [-0.05, 0) is 61.4 Å². The Kier molecular flexibility index (Phi) is 7.69. The summed E-state index contributed by atoms with van der Waals surface area (Å²) >= 11 is 6.21. The fourth-order valence-corrected chi connectivity index (χ4v) is 4.85. The number of ether oxygens (including phenoxy) is 2. The highest BCUT2D eigenvalue weighted by atomic mass is 35.5. The molecule has 1 aliphatic heterocycles. The van der Waals surface area contributed by atoms with E-state index in [1.54, 1.807) is 59.4 Å². The molecule has 4 rings (SSSR count). The van der Waals surface area contributed by atoms with Crippen molar-refractivity contribution in [2.75, 3.05) is 23.5 Å². The maximum Gasteiger partial charge on any atom is 0.341 e. The molecule has 0 fully saturated rings. The zero-order valence-corrected chi connectivity index (χ0v) is 21.4. The summed E-state index contributed by atoms with van der Waals surface area (Å²) in [5, 5.41) is 9.22. The lowest BCUT2D eigenvalue weighted by atomic mass is 9.89. The summed E-state index contributed by atoms with van der Waals surface area (Å²) in [5.74, 6) is -0.669. The van der Waals surface area contributed by atoms with Crippen LogP contribution in [0.1, 0.15) is 42.2 Å². The Morgan fingerprint density at radius 3 is 2.43 bits per heavy atom. The number of carbonyl (C=O) groups excluding carboxylic acids is 2. The highest BCUT2D eigenvalue weighted by Crippen LogP contribution is 2.43. The Bertz CT molecular complexity index is 1330. The number of rotatable bonds is 7. The van der Waals surface area contributed by atoms with Gasteiger partial charge in [0.2, 0.25) is 5.91 Å². The maximum absolute atomic E-state index is 13.6. The minimum absolute atomic E-state index is 0.147. The number of hydrogen-bond donors (Lipinski definition) is 1. The number of hydrogen-bond acceptors (Lipinski definition) is 5. The molecule has 1 aliphatic rings. The summed E-state index contributed by atoms with van der Waals surface area (Å²) in [7, 11) is 1.57. The second-order valence-corrected chi connectivity index (χ2v) is 9.16. The van der Waals surface area contributed by atoms with Crippen LogP contribution in [0.2, 0.25) is 5.02 Å². The average Bonchev–Trinajstić information content (AvgIpc) is 2.88. The molecule has 0 saturated heterocycles. The third-order valence-corrected chi connectivity index (χ3v) is 6.62. The predicted molar refractivity (Wildman–Crippen MR) is 141 cm³/mol. The molecular formula is C28H27ClN2O6. The third kappa shape index (κ3) is 5.39. The Labute approximate surface area is 220 Å². The molecule has 0 spiro atoms. The van der Waals surface area contributed by atoms with E-state index in [4.69, 9.17) is 26.2 Å². The fourth-order valence-electron chi connectivity index (χ4n) is 4.68. The number of halogens is 1. The van der Waals surface area contributed by atoms with Gasteiger partial charge in [-0.25, -0.2) is 4.79 Å². The molecule has 0 aliphatic carbocycles. The first-order valence-electron chi connectivity index (χ1n) is 11.7. The van der Waals surface area contributed by atoms with Crippen molar-refractivity contribution >= 4 is 40.8 Å². The number of carboxylic acids is 1. The molecule has 0 radical (unpaired) electrons. The van der Waals surface area contributed by atoms with Crippen molar-refractivity contribution in [2.45, 2.75) is 32.4 Å². The van der Waals surface area contributed by atoms with Gasteiger partial charge in [-0.3, -0.25) is 9.59 Å². The molecule has 1 N–H and O–H groups in total. The van der Waals surface area contributed by atoms with E-state index in [2.05, 4.69) is 0 Å². The lowest BCUT2D eigenvalue weighted by Gasteiger charge is -2.43. The van der Waals surface area contributed by atoms with Crippen LogP contribution in [0, 0.1) is 0 Å². The van der Waals surface area contributed by atoms with E-state index < -0.39 is 12.6 Å². The van der Waals surface area contributed by atoms with Crippen LogP contribution < -0.4 is 19.3 Å². The van der Waals surface area contributed by atoms with Gasteiger partial charge < -0.3 is 24.4 Å². The zero-order chi connectivity index (χ0) is 26.7. The van der Waals surface area contributed by atoms with Crippen LogP contribution in [0.25, 0.3) is 0 Å². The molecule has 0 aromatic heterocycles. The molecule has 0 bridgehead atoms. The van der Waals surface area contributed by atoms with Crippen molar-refractivity contribution in [1.29, 1.82) is 0 Å². The van der Waals surface area contributed by atoms with Crippen molar-refractivity contribution in [3.05, 3.63) is 82.9 Å². The van der Waals surface area contributed by atoms with E-state index in [1.807, 2.05) is 31.2 Å². The van der Waals surface area contributed by atoms with Crippen molar-refractivity contribution in [1.82, 2.24) is 0 Å². The first-order chi connectivity index (χ1) is 17.7. The van der Waals surface area contributed by atoms with E-state index in [0.29, 0.717) is 23.4 Å². The molecule has 9 heteroatoms. The zero-order valence-electron chi connectivity index (χ0n) is 20.7. The van der Waals surface area contributed by atoms with Gasteiger partial charge >= 0.3 is 5.97 Å². The third-order valence-electron chi connectivity index (χ3n) is 6.31. The average molecular weight is 523 g/mol. The highest BCUT2D eigenvalue weighted by molar-refractivity contribution is 6.32. The number of amides is 2. The predicted octanol–water partition coefficient (Wildman–Crippen LogP) is 5.35. The number of anilines is 2. The molecule has 2 atom stereocenters. The summed E-state index contributed by atoms with van der Waals surface area (Å²) in [6, 6.07) is 18.7. The molecule has 3 aromatic carbocycles. The number of aliphatic carboxylic acids is 1. The summed E-state index contributed by atoms with van der Waals surface area (Å²) in [4.78, 5) is 40.9. The van der Waals surface area contributed by atoms with Gasteiger partial charge in [0.15, 0.2) is 6.61 Å². The Balaban J connectivity index is 1.73. The van der Waals surface area contributed by atoms with Gasteiger partial charge in [-0.2, -0.15) is 0 Å². The molecule has 37 heavy (non-hydrogen) atoms. The van der Waals surface area contributed by atoms with Crippen molar-refractivity contribution in [2.24, 2.45) is 0 Å². The second kappa shape index (κ2) is 10.9. The minimum atomic E-state index is -1.14. The quantitative estimate of drug-likeness (QED) is 0.449. The first-order valence-corrected chi connectivity index (χ1v) is 12.1. The topological polar surface area (TPSA) is 96.4 Å². The van der Waals surface area contributed by atoms with Gasteiger partial charge in [0.25, 0.3) is 5.91 Å². The molecule has 8 nitrogen and oxygen atoms in total. The maximum atomic E-state index is 13.6. The standard InChI is InChI=1S/C28H27ClN2O6/c1-17-14-25(31(18(2)32)20-10-13-23(29)26(15-20)37-16-27(33)34)22-6-4-5-7-24(22)30(17)28(35)19-8-11-21(36-3)12-9-19/h4-13,15,17,25H,14,16H2,1-3H3,(H,33,34)/t17-,25+/m0/s1.